The number of rotatable bonds is 71. The minimum Gasteiger partial charge on any atom is -0.756 e. The number of quaternary nitrogens is 1. The second-order valence-electron chi connectivity index (χ2n) is 27.4. The fourth-order valence-corrected chi connectivity index (χ4v) is 12.5. The summed E-state index contributed by atoms with van der Waals surface area (Å²) >= 11 is 0. The molecule has 0 saturated carbocycles. The third-order valence-corrected chi connectivity index (χ3v) is 18.6. The molecule has 0 radical (unpaired) electrons. The van der Waals surface area contributed by atoms with Crippen molar-refractivity contribution in [1.82, 2.24) is 5.32 Å². The zero-order valence-electron chi connectivity index (χ0n) is 57.4. The Morgan fingerprint density at radius 2 is 0.667 bits per heavy atom. The molecule has 3 unspecified atom stereocenters. The van der Waals surface area contributed by atoms with Gasteiger partial charge in [-0.05, 0) is 32.1 Å². The van der Waals surface area contributed by atoms with Crippen LogP contribution in [0.4, 0.5) is 0 Å². The molecule has 0 rings (SSSR count). The molecule has 8 nitrogen and oxygen atoms in total. The van der Waals surface area contributed by atoms with Crippen molar-refractivity contribution in [2.45, 2.75) is 411 Å². The van der Waals surface area contributed by atoms with Gasteiger partial charge in [0, 0.05) is 6.42 Å². The van der Waals surface area contributed by atoms with E-state index in [4.69, 9.17) is 9.05 Å². The van der Waals surface area contributed by atoms with E-state index in [0.717, 1.165) is 38.5 Å². The number of aliphatic hydroxyl groups is 1. The van der Waals surface area contributed by atoms with E-state index >= 15 is 0 Å². The van der Waals surface area contributed by atoms with Crippen molar-refractivity contribution in [3.8, 4) is 0 Å². The van der Waals surface area contributed by atoms with Crippen LogP contribution in [0.1, 0.15) is 399 Å². The van der Waals surface area contributed by atoms with Gasteiger partial charge in [0.2, 0.25) is 5.91 Å². The van der Waals surface area contributed by atoms with Crippen LogP contribution in [-0.2, 0) is 18.4 Å². The van der Waals surface area contributed by atoms with Crippen LogP contribution in [0.3, 0.4) is 0 Å². The summed E-state index contributed by atoms with van der Waals surface area (Å²) in [6.45, 7) is 4.70. The Morgan fingerprint density at radius 1 is 0.405 bits per heavy atom. The highest BCUT2D eigenvalue weighted by Gasteiger charge is 2.23. The third kappa shape index (κ3) is 68.5. The smallest absolute Gasteiger partial charge is 0.268 e. The third-order valence-electron chi connectivity index (χ3n) is 17.7. The second kappa shape index (κ2) is 66.4. The summed E-state index contributed by atoms with van der Waals surface area (Å²) < 4.78 is 23.5. The first-order chi connectivity index (χ1) is 41.0. The second-order valence-corrected chi connectivity index (χ2v) is 28.8. The summed E-state index contributed by atoms with van der Waals surface area (Å²) in [6.07, 6.45) is 87.7. The molecule has 0 aromatic rings. The molecule has 0 fully saturated rings. The molecule has 500 valence electrons. The highest BCUT2D eigenvalue weighted by Crippen LogP contribution is 2.38. The van der Waals surface area contributed by atoms with Crippen molar-refractivity contribution in [2.24, 2.45) is 0 Å². The van der Waals surface area contributed by atoms with Gasteiger partial charge < -0.3 is 28.8 Å². The van der Waals surface area contributed by atoms with Gasteiger partial charge in [0.05, 0.1) is 39.9 Å². The average molecular weight is 1210 g/mol. The van der Waals surface area contributed by atoms with E-state index < -0.39 is 20.0 Å². The molecular formula is C75H149N2O6P. The van der Waals surface area contributed by atoms with Gasteiger partial charge in [-0.1, -0.05) is 385 Å². The maximum absolute atomic E-state index is 13.1. The van der Waals surface area contributed by atoms with E-state index in [1.54, 1.807) is 6.08 Å². The number of aliphatic hydroxyl groups excluding tert-OH is 1. The number of hydrogen-bond donors (Lipinski definition) is 2. The van der Waals surface area contributed by atoms with Crippen LogP contribution in [0.5, 0.6) is 0 Å². The summed E-state index contributed by atoms with van der Waals surface area (Å²) in [6, 6.07) is -0.902. The molecule has 0 aliphatic heterocycles. The Labute approximate surface area is 525 Å². The molecule has 0 bridgehead atoms. The highest BCUT2D eigenvalue weighted by molar-refractivity contribution is 7.45. The monoisotopic (exact) mass is 1210 g/mol. The van der Waals surface area contributed by atoms with Crippen LogP contribution in [0.15, 0.2) is 24.3 Å². The summed E-state index contributed by atoms with van der Waals surface area (Å²) in [7, 11) is 1.27. The predicted molar refractivity (Wildman–Crippen MR) is 367 cm³/mol. The lowest BCUT2D eigenvalue weighted by Crippen LogP contribution is -2.45. The van der Waals surface area contributed by atoms with Crippen LogP contribution < -0.4 is 10.2 Å². The van der Waals surface area contributed by atoms with Gasteiger partial charge in [-0.25, -0.2) is 0 Å². The van der Waals surface area contributed by atoms with Gasteiger partial charge in [-0.2, -0.15) is 0 Å². The first-order valence-electron chi connectivity index (χ1n) is 37.7. The molecule has 2 N–H and O–H groups in total. The molecular weight excluding hydrogens is 1060 g/mol. The van der Waals surface area contributed by atoms with Gasteiger partial charge in [0.25, 0.3) is 7.82 Å². The number of carbonyl (C=O) groups is 1. The van der Waals surface area contributed by atoms with Crippen LogP contribution in [0, 0.1) is 0 Å². The van der Waals surface area contributed by atoms with Crippen molar-refractivity contribution < 1.29 is 32.9 Å². The van der Waals surface area contributed by atoms with Gasteiger partial charge in [0.15, 0.2) is 0 Å². The number of phosphoric ester groups is 1. The van der Waals surface area contributed by atoms with Crippen molar-refractivity contribution in [3.63, 3.8) is 0 Å². The van der Waals surface area contributed by atoms with Crippen molar-refractivity contribution >= 4 is 13.7 Å². The summed E-state index contributed by atoms with van der Waals surface area (Å²) in [4.78, 5) is 25.7. The topological polar surface area (TPSA) is 108 Å². The zero-order chi connectivity index (χ0) is 61.2. The Balaban J connectivity index is 4.00. The molecule has 3 atom stereocenters. The molecule has 0 aliphatic rings. The van der Waals surface area contributed by atoms with Crippen molar-refractivity contribution in [3.05, 3.63) is 24.3 Å². The summed E-state index contributed by atoms with van der Waals surface area (Å²) in [5, 5.41) is 14.0. The molecule has 0 spiro atoms. The van der Waals surface area contributed by atoms with Gasteiger partial charge in [0.1, 0.15) is 13.2 Å². The van der Waals surface area contributed by atoms with Crippen molar-refractivity contribution in [1.29, 1.82) is 0 Å². The van der Waals surface area contributed by atoms with Gasteiger partial charge in [-0.15, -0.1) is 0 Å². The van der Waals surface area contributed by atoms with Crippen LogP contribution in [-0.4, -0.2) is 68.5 Å². The fourth-order valence-electron chi connectivity index (χ4n) is 11.8. The van der Waals surface area contributed by atoms with E-state index in [1.807, 2.05) is 27.2 Å². The first kappa shape index (κ1) is 83.0. The summed E-state index contributed by atoms with van der Waals surface area (Å²) in [5.41, 5.74) is 0. The van der Waals surface area contributed by atoms with E-state index in [0.29, 0.717) is 17.4 Å². The van der Waals surface area contributed by atoms with E-state index in [1.165, 1.54) is 340 Å². The zero-order valence-corrected chi connectivity index (χ0v) is 58.3. The van der Waals surface area contributed by atoms with E-state index in [9.17, 15) is 19.4 Å². The Kier molecular flexibility index (Phi) is 65.6. The molecule has 1 amide bonds. The number of phosphoric acid groups is 1. The number of nitrogens with one attached hydrogen (secondary N) is 1. The molecule has 0 saturated heterocycles. The molecule has 9 heteroatoms. The minimum absolute atomic E-state index is 0.00332. The Hall–Kier alpha value is -1.02. The number of nitrogens with zero attached hydrogens (tertiary/aromatic N) is 1. The lowest BCUT2D eigenvalue weighted by atomic mass is 10.0. The number of carbonyl (C=O) groups excluding carboxylic acids is 1. The molecule has 0 aromatic heterocycles. The van der Waals surface area contributed by atoms with Gasteiger partial charge in [-0.3, -0.25) is 9.36 Å². The minimum atomic E-state index is -4.61. The Morgan fingerprint density at radius 3 is 0.964 bits per heavy atom. The number of likely N-dealkylation sites (N-methyl/N-ethyl adjacent to an activating group) is 1. The Bertz CT molecular complexity index is 1420. The number of amides is 1. The quantitative estimate of drug-likeness (QED) is 0.0272. The lowest BCUT2D eigenvalue weighted by molar-refractivity contribution is -0.870. The van der Waals surface area contributed by atoms with E-state index in [2.05, 4.69) is 31.3 Å². The van der Waals surface area contributed by atoms with Crippen LogP contribution in [0.2, 0.25) is 0 Å². The van der Waals surface area contributed by atoms with Crippen LogP contribution in [0.25, 0.3) is 0 Å². The fraction of sp³-hybridized carbons (Fsp3) is 0.933. The molecule has 0 aromatic carbocycles. The lowest BCUT2D eigenvalue weighted by Gasteiger charge is -2.29. The predicted octanol–water partition coefficient (Wildman–Crippen LogP) is 23.6. The maximum atomic E-state index is 13.1. The van der Waals surface area contributed by atoms with E-state index in [-0.39, 0.29) is 19.1 Å². The number of allylic oxidation sites excluding steroid dienone is 3. The molecule has 84 heavy (non-hydrogen) atoms. The summed E-state index contributed by atoms with van der Waals surface area (Å²) in [5.74, 6) is -0.197. The van der Waals surface area contributed by atoms with Crippen molar-refractivity contribution in [2.75, 3.05) is 40.9 Å². The molecule has 0 aliphatic carbocycles. The standard InChI is InChI=1S/C75H149N2O6P/c1-6-8-10-12-14-16-18-20-22-24-26-28-30-32-34-36-37-38-39-40-41-43-45-47-49-51-53-55-57-59-61-63-65-67-69-75(79)76-73(72-83-84(80,81)82-71-70-77(3,4)5)74(78)68-66-64-62-60-58-56-54-52-50-48-46-44-42-35-33-31-29-27-25-23-21-19-17-15-13-11-9-7-2/h58,60,66,68,73-74,78H,6-57,59,61-65,67,69-72H2,1-5H3,(H-,76,79,80,81)/b60-58+,68-66+. The number of hydrogen-bond acceptors (Lipinski definition) is 6. The normalized spacial score (nSPS) is 13.7. The SMILES string of the molecule is CCCCCCCCCCCCCCCCCCCCCCCC/C=C/CC/C=C/C(O)C(COP(=O)([O-])OCC[N+](C)(C)C)NC(=O)CCCCCCCCCCCCCCCCCCCCCCCCCCCCCCCCCCCC. The van der Waals surface area contributed by atoms with Crippen LogP contribution >= 0.6 is 7.82 Å². The highest BCUT2D eigenvalue weighted by atomic mass is 31.2. The largest absolute Gasteiger partial charge is 0.756 e. The van der Waals surface area contributed by atoms with Gasteiger partial charge >= 0.3 is 0 Å². The number of unbranched alkanes of at least 4 members (excludes halogenated alkanes) is 56. The average Bonchev–Trinajstić information content (AvgIpc) is 3.56. The molecule has 0 heterocycles. The first-order valence-corrected chi connectivity index (χ1v) is 39.2. The maximum Gasteiger partial charge on any atom is 0.268 e.